The lowest BCUT2D eigenvalue weighted by Gasteiger charge is -2.13. The molecular weight excluding hydrogens is 146 g/mol. The molecule has 0 aliphatic carbocycles. The van der Waals surface area contributed by atoms with Crippen molar-refractivity contribution in [3.8, 4) is 0 Å². The third-order valence-electron chi connectivity index (χ3n) is 1.32. The number of nitrogens with one attached hydrogen (secondary N) is 1. The first-order valence-electron chi connectivity index (χ1n) is 3.10. The number of ether oxygens (including phenoxy) is 1. The molecular formula is C7H11NOS. The van der Waals surface area contributed by atoms with Crippen LogP contribution < -0.4 is 5.32 Å². The van der Waals surface area contributed by atoms with Crippen LogP contribution >= 0.6 is 11.8 Å². The van der Waals surface area contributed by atoms with Crippen molar-refractivity contribution in [2.45, 2.75) is 0 Å². The van der Waals surface area contributed by atoms with E-state index in [1.807, 2.05) is 18.5 Å². The normalized spacial score (nSPS) is 17.0. The third kappa shape index (κ3) is 1.48. The van der Waals surface area contributed by atoms with Gasteiger partial charge in [0, 0.05) is 12.7 Å². The fourth-order valence-electron chi connectivity index (χ4n) is 0.818. The van der Waals surface area contributed by atoms with Crippen molar-refractivity contribution >= 4 is 11.8 Å². The van der Waals surface area contributed by atoms with Gasteiger partial charge in [-0.1, -0.05) is 0 Å². The predicted octanol–water partition coefficient (Wildman–Crippen LogP) is 1.32. The summed E-state index contributed by atoms with van der Waals surface area (Å²) in [5.41, 5.74) is 0. The molecule has 1 aliphatic heterocycles. The van der Waals surface area contributed by atoms with Crippen LogP contribution in [0, 0.1) is 0 Å². The number of hydrogen-bond donors (Lipinski definition) is 1. The fourth-order valence-corrected chi connectivity index (χ4v) is 1.39. The molecule has 0 aromatic heterocycles. The Morgan fingerprint density at radius 1 is 1.70 bits per heavy atom. The standard InChI is InChI=1S/C7H11NOS/c1-9-6-3-4-8-5-7(6)10-2/h3,5,8H,4H2,1-2H3. The maximum atomic E-state index is 5.13. The van der Waals surface area contributed by atoms with Crippen LogP contribution in [-0.2, 0) is 4.74 Å². The monoisotopic (exact) mass is 157 g/mol. The summed E-state index contributed by atoms with van der Waals surface area (Å²) in [6, 6.07) is 0. The minimum Gasteiger partial charge on any atom is -0.496 e. The highest BCUT2D eigenvalue weighted by atomic mass is 32.2. The average molecular weight is 157 g/mol. The molecule has 0 saturated carbocycles. The molecule has 0 aromatic rings. The van der Waals surface area contributed by atoms with Gasteiger partial charge in [-0.05, 0) is 12.3 Å². The molecule has 1 aliphatic rings. The van der Waals surface area contributed by atoms with E-state index >= 15 is 0 Å². The summed E-state index contributed by atoms with van der Waals surface area (Å²) in [7, 11) is 1.70. The van der Waals surface area contributed by atoms with Crippen molar-refractivity contribution < 1.29 is 4.74 Å². The highest BCUT2D eigenvalue weighted by molar-refractivity contribution is 8.02. The molecule has 0 aromatic carbocycles. The van der Waals surface area contributed by atoms with Gasteiger partial charge in [-0.25, -0.2) is 0 Å². The summed E-state index contributed by atoms with van der Waals surface area (Å²) in [6.07, 6.45) is 6.04. The van der Waals surface area contributed by atoms with Crippen LogP contribution in [0.25, 0.3) is 0 Å². The first-order valence-corrected chi connectivity index (χ1v) is 4.33. The summed E-state index contributed by atoms with van der Waals surface area (Å²) < 4.78 is 5.13. The largest absolute Gasteiger partial charge is 0.496 e. The predicted molar refractivity (Wildman–Crippen MR) is 44.7 cm³/mol. The quantitative estimate of drug-likeness (QED) is 0.653. The third-order valence-corrected chi connectivity index (χ3v) is 2.08. The Morgan fingerprint density at radius 2 is 2.50 bits per heavy atom. The Morgan fingerprint density at radius 3 is 3.00 bits per heavy atom. The second kappa shape index (κ2) is 3.56. The van der Waals surface area contributed by atoms with E-state index in [2.05, 4.69) is 5.32 Å². The fraction of sp³-hybridized carbons (Fsp3) is 0.429. The SMILES string of the molecule is COC1=CCNC=C1SC. The lowest BCUT2D eigenvalue weighted by atomic mass is 10.3. The van der Waals surface area contributed by atoms with Gasteiger partial charge < -0.3 is 10.1 Å². The molecule has 0 atom stereocenters. The second-order valence-electron chi connectivity index (χ2n) is 1.89. The topological polar surface area (TPSA) is 21.3 Å². The van der Waals surface area contributed by atoms with Crippen molar-refractivity contribution in [1.29, 1.82) is 0 Å². The smallest absolute Gasteiger partial charge is 0.131 e. The average Bonchev–Trinajstić information content (AvgIpc) is 2.04. The first-order chi connectivity index (χ1) is 4.88. The summed E-state index contributed by atoms with van der Waals surface area (Å²) in [5, 5.41) is 3.11. The lowest BCUT2D eigenvalue weighted by Crippen LogP contribution is -2.12. The minimum atomic E-state index is 0.868. The second-order valence-corrected chi connectivity index (χ2v) is 2.74. The molecule has 2 nitrogen and oxygen atoms in total. The highest BCUT2D eigenvalue weighted by Gasteiger charge is 2.05. The lowest BCUT2D eigenvalue weighted by molar-refractivity contribution is 0.302. The van der Waals surface area contributed by atoms with E-state index in [-0.39, 0.29) is 0 Å². The molecule has 0 radical (unpaired) electrons. The zero-order chi connectivity index (χ0) is 7.40. The maximum absolute atomic E-state index is 5.13. The van der Waals surface area contributed by atoms with Crippen molar-refractivity contribution in [2.75, 3.05) is 19.9 Å². The van der Waals surface area contributed by atoms with Crippen molar-refractivity contribution in [1.82, 2.24) is 5.32 Å². The van der Waals surface area contributed by atoms with Crippen molar-refractivity contribution in [2.24, 2.45) is 0 Å². The van der Waals surface area contributed by atoms with Gasteiger partial charge in [0.15, 0.2) is 0 Å². The van der Waals surface area contributed by atoms with Gasteiger partial charge in [0.1, 0.15) is 5.76 Å². The van der Waals surface area contributed by atoms with Crippen molar-refractivity contribution in [3.63, 3.8) is 0 Å². The van der Waals surface area contributed by atoms with Gasteiger partial charge in [-0.15, -0.1) is 11.8 Å². The molecule has 0 unspecified atom stereocenters. The van der Waals surface area contributed by atoms with E-state index in [0.29, 0.717) is 0 Å². The molecule has 0 fully saturated rings. The summed E-state index contributed by atoms with van der Waals surface area (Å²) in [5.74, 6) is 0.978. The van der Waals surface area contributed by atoms with E-state index in [1.165, 1.54) is 0 Å². The molecule has 0 spiro atoms. The number of hydrogen-bond acceptors (Lipinski definition) is 3. The molecule has 0 saturated heterocycles. The van der Waals surface area contributed by atoms with Gasteiger partial charge in [-0.2, -0.15) is 0 Å². The van der Waals surface area contributed by atoms with Gasteiger partial charge in [-0.3, -0.25) is 0 Å². The molecule has 0 bridgehead atoms. The molecule has 1 heterocycles. The van der Waals surface area contributed by atoms with E-state index < -0.39 is 0 Å². The van der Waals surface area contributed by atoms with Gasteiger partial charge in [0.05, 0.1) is 12.0 Å². The summed E-state index contributed by atoms with van der Waals surface area (Å²) >= 11 is 1.68. The summed E-state index contributed by atoms with van der Waals surface area (Å²) in [4.78, 5) is 1.16. The number of thioether (sulfide) groups is 1. The first kappa shape index (κ1) is 7.54. The number of rotatable bonds is 2. The van der Waals surface area contributed by atoms with Crippen LogP contribution in [0.4, 0.5) is 0 Å². The van der Waals surface area contributed by atoms with Gasteiger partial charge >= 0.3 is 0 Å². The molecule has 3 heteroatoms. The van der Waals surface area contributed by atoms with E-state index in [1.54, 1.807) is 18.9 Å². The maximum Gasteiger partial charge on any atom is 0.131 e. The van der Waals surface area contributed by atoms with Crippen molar-refractivity contribution in [3.05, 3.63) is 22.9 Å². The Bertz CT molecular complexity index is 154. The summed E-state index contributed by atoms with van der Waals surface area (Å²) in [6.45, 7) is 0.868. The number of dihydropyridines is 1. The van der Waals surface area contributed by atoms with Crippen LogP contribution in [0.2, 0.25) is 0 Å². The van der Waals surface area contributed by atoms with Gasteiger partial charge in [0.25, 0.3) is 0 Å². The van der Waals surface area contributed by atoms with Crippen LogP contribution in [0.15, 0.2) is 22.9 Å². The van der Waals surface area contributed by atoms with Crippen LogP contribution in [0.1, 0.15) is 0 Å². The molecule has 56 valence electrons. The Balaban J connectivity index is 2.67. The van der Waals surface area contributed by atoms with E-state index in [0.717, 1.165) is 17.2 Å². The molecule has 10 heavy (non-hydrogen) atoms. The molecule has 1 N–H and O–H groups in total. The van der Waals surface area contributed by atoms with Crippen LogP contribution in [0.3, 0.4) is 0 Å². The zero-order valence-corrected chi connectivity index (χ0v) is 6.99. The highest BCUT2D eigenvalue weighted by Crippen LogP contribution is 2.22. The van der Waals surface area contributed by atoms with E-state index in [9.17, 15) is 0 Å². The zero-order valence-electron chi connectivity index (χ0n) is 6.18. The molecule has 0 amide bonds. The Hall–Kier alpha value is -0.570. The number of methoxy groups -OCH3 is 1. The van der Waals surface area contributed by atoms with E-state index in [4.69, 9.17) is 4.74 Å². The minimum absolute atomic E-state index is 0.868. The Labute approximate surface area is 65.3 Å². The van der Waals surface area contributed by atoms with Crippen LogP contribution in [0.5, 0.6) is 0 Å². The Kier molecular flexibility index (Phi) is 2.68. The van der Waals surface area contributed by atoms with Crippen LogP contribution in [-0.4, -0.2) is 19.9 Å². The van der Waals surface area contributed by atoms with Gasteiger partial charge in [0.2, 0.25) is 0 Å². The molecule has 1 rings (SSSR count).